The highest BCUT2D eigenvalue weighted by atomic mass is 32.1. The van der Waals surface area contributed by atoms with Crippen LogP contribution in [0.1, 0.15) is 20.0 Å². The second kappa shape index (κ2) is 4.75. The van der Waals surface area contributed by atoms with E-state index in [1.165, 1.54) is 41.8 Å². The minimum absolute atomic E-state index is 0.355. The van der Waals surface area contributed by atoms with Crippen molar-refractivity contribution in [1.29, 1.82) is 0 Å². The van der Waals surface area contributed by atoms with Crippen molar-refractivity contribution in [3.63, 3.8) is 0 Å². The second-order valence-electron chi connectivity index (χ2n) is 3.14. The Labute approximate surface area is 101 Å². The topological polar surface area (TPSA) is 82.3 Å². The Morgan fingerprint density at radius 2 is 1.94 bits per heavy atom. The molecular weight excluding hydrogens is 240 g/mol. The van der Waals surface area contributed by atoms with Crippen molar-refractivity contribution in [2.75, 3.05) is 0 Å². The van der Waals surface area contributed by atoms with Crippen LogP contribution in [-0.4, -0.2) is 16.9 Å². The molecule has 2 aromatic rings. The first kappa shape index (κ1) is 11.3. The Morgan fingerprint density at radius 3 is 2.47 bits per heavy atom. The number of thiazole rings is 1. The molecule has 2 N–H and O–H groups in total. The number of hydrogen-bond donors (Lipinski definition) is 1. The minimum Gasteiger partial charge on any atom is -0.422 e. The average molecular weight is 248 g/mol. The zero-order chi connectivity index (χ0) is 12.3. The van der Waals surface area contributed by atoms with E-state index in [9.17, 15) is 9.59 Å². The molecule has 0 aliphatic rings. The number of nitrogens with zero attached hydrogens (tertiary/aromatic N) is 1. The standard InChI is InChI=1S/C11H8N2O3S/c12-10(14)7-1-3-8(4-2-7)16-11(15)9-5-13-6-17-9/h1-6H,(H2,12,14). The summed E-state index contributed by atoms with van der Waals surface area (Å²) >= 11 is 1.20. The van der Waals surface area contributed by atoms with Crippen LogP contribution in [0.3, 0.4) is 0 Å². The van der Waals surface area contributed by atoms with Gasteiger partial charge >= 0.3 is 5.97 Å². The van der Waals surface area contributed by atoms with Crippen molar-refractivity contribution in [1.82, 2.24) is 4.98 Å². The van der Waals surface area contributed by atoms with E-state index in [0.29, 0.717) is 16.2 Å². The van der Waals surface area contributed by atoms with Crippen LogP contribution in [0.5, 0.6) is 5.75 Å². The highest BCUT2D eigenvalue weighted by molar-refractivity contribution is 7.11. The van der Waals surface area contributed by atoms with Gasteiger partial charge in [0.1, 0.15) is 10.6 Å². The maximum Gasteiger partial charge on any atom is 0.355 e. The number of carbonyl (C=O) groups excluding carboxylic acids is 2. The first-order valence-corrected chi connectivity index (χ1v) is 5.55. The summed E-state index contributed by atoms with van der Waals surface area (Å²) < 4.78 is 5.07. The summed E-state index contributed by atoms with van der Waals surface area (Å²) in [5, 5.41) is 0. The summed E-state index contributed by atoms with van der Waals surface area (Å²) in [6.45, 7) is 0. The quantitative estimate of drug-likeness (QED) is 0.658. The zero-order valence-electron chi connectivity index (χ0n) is 8.62. The molecule has 0 bridgehead atoms. The number of benzene rings is 1. The van der Waals surface area contributed by atoms with Gasteiger partial charge in [-0.1, -0.05) is 0 Å². The van der Waals surface area contributed by atoms with Gasteiger partial charge in [0, 0.05) is 5.56 Å². The number of primary amides is 1. The Hall–Kier alpha value is -2.21. The van der Waals surface area contributed by atoms with Crippen LogP contribution in [-0.2, 0) is 0 Å². The van der Waals surface area contributed by atoms with Crippen molar-refractivity contribution in [3.8, 4) is 5.75 Å². The molecule has 0 aliphatic heterocycles. The van der Waals surface area contributed by atoms with Gasteiger partial charge in [0.15, 0.2) is 0 Å². The van der Waals surface area contributed by atoms with Gasteiger partial charge in [-0.15, -0.1) is 11.3 Å². The van der Waals surface area contributed by atoms with Crippen LogP contribution in [0.15, 0.2) is 36.0 Å². The van der Waals surface area contributed by atoms with E-state index in [1.54, 1.807) is 5.51 Å². The first-order chi connectivity index (χ1) is 8.16. The van der Waals surface area contributed by atoms with E-state index < -0.39 is 11.9 Å². The molecule has 86 valence electrons. The van der Waals surface area contributed by atoms with E-state index in [-0.39, 0.29) is 0 Å². The highest BCUT2D eigenvalue weighted by Crippen LogP contribution is 2.15. The van der Waals surface area contributed by atoms with Crippen LogP contribution in [0.2, 0.25) is 0 Å². The number of nitrogens with two attached hydrogens (primary N) is 1. The third kappa shape index (κ3) is 2.67. The molecule has 1 amide bonds. The lowest BCUT2D eigenvalue weighted by atomic mass is 10.2. The molecule has 17 heavy (non-hydrogen) atoms. The van der Waals surface area contributed by atoms with Gasteiger partial charge in [0.05, 0.1) is 11.7 Å². The molecule has 0 fully saturated rings. The lowest BCUT2D eigenvalue weighted by molar-refractivity contribution is 0.0739. The van der Waals surface area contributed by atoms with Gasteiger partial charge < -0.3 is 10.5 Å². The number of rotatable bonds is 3. The van der Waals surface area contributed by atoms with Crippen molar-refractivity contribution < 1.29 is 14.3 Å². The molecule has 2 rings (SSSR count). The molecule has 6 heteroatoms. The van der Waals surface area contributed by atoms with E-state index in [1.807, 2.05) is 0 Å². The van der Waals surface area contributed by atoms with E-state index in [0.717, 1.165) is 0 Å². The Morgan fingerprint density at radius 1 is 1.24 bits per heavy atom. The number of carbonyl (C=O) groups is 2. The summed E-state index contributed by atoms with van der Waals surface area (Å²) in [6, 6.07) is 6.02. The van der Waals surface area contributed by atoms with Gasteiger partial charge in [0.2, 0.25) is 5.91 Å². The third-order valence-electron chi connectivity index (χ3n) is 1.98. The molecule has 0 saturated carbocycles. The van der Waals surface area contributed by atoms with Crippen molar-refractivity contribution in [2.24, 2.45) is 5.73 Å². The number of amides is 1. The molecular formula is C11H8N2O3S. The predicted molar refractivity (Wildman–Crippen MR) is 62.0 cm³/mol. The predicted octanol–water partition coefficient (Wildman–Crippen LogP) is 1.46. The molecule has 0 radical (unpaired) electrons. The summed E-state index contributed by atoms with van der Waals surface area (Å²) in [7, 11) is 0. The van der Waals surface area contributed by atoms with Crippen molar-refractivity contribution in [3.05, 3.63) is 46.4 Å². The molecule has 1 aromatic carbocycles. The Balaban J connectivity index is 2.09. The lowest BCUT2D eigenvalue weighted by Gasteiger charge is -2.02. The van der Waals surface area contributed by atoms with E-state index in [4.69, 9.17) is 10.5 Å². The fourth-order valence-electron chi connectivity index (χ4n) is 1.16. The zero-order valence-corrected chi connectivity index (χ0v) is 9.44. The van der Waals surface area contributed by atoms with Crippen LogP contribution in [0.25, 0.3) is 0 Å². The van der Waals surface area contributed by atoms with E-state index >= 15 is 0 Å². The van der Waals surface area contributed by atoms with Gasteiger partial charge in [-0.3, -0.25) is 9.78 Å². The Bertz CT molecular complexity index is 534. The summed E-state index contributed by atoms with van der Waals surface area (Å²) in [5.74, 6) is -0.641. The SMILES string of the molecule is NC(=O)c1ccc(OC(=O)c2cncs2)cc1. The van der Waals surface area contributed by atoms with Crippen molar-refractivity contribution >= 4 is 23.2 Å². The molecule has 1 aromatic heterocycles. The summed E-state index contributed by atoms with van der Waals surface area (Å²) in [5.41, 5.74) is 7.00. The fraction of sp³-hybridized carbons (Fsp3) is 0. The second-order valence-corrected chi connectivity index (χ2v) is 4.03. The van der Waals surface area contributed by atoms with Crippen LogP contribution >= 0.6 is 11.3 Å². The molecule has 0 unspecified atom stereocenters. The number of aromatic nitrogens is 1. The largest absolute Gasteiger partial charge is 0.422 e. The van der Waals surface area contributed by atoms with Crippen molar-refractivity contribution in [2.45, 2.75) is 0 Å². The molecule has 0 saturated heterocycles. The van der Waals surface area contributed by atoms with E-state index in [2.05, 4.69) is 4.98 Å². The van der Waals surface area contributed by atoms with Gasteiger partial charge in [0.25, 0.3) is 0 Å². The van der Waals surface area contributed by atoms with Gasteiger partial charge in [-0.05, 0) is 24.3 Å². The third-order valence-corrected chi connectivity index (χ3v) is 2.74. The molecule has 0 spiro atoms. The van der Waals surface area contributed by atoms with Gasteiger partial charge in [-0.25, -0.2) is 4.79 Å². The maximum absolute atomic E-state index is 11.6. The monoisotopic (exact) mass is 248 g/mol. The average Bonchev–Trinajstić information content (AvgIpc) is 2.83. The van der Waals surface area contributed by atoms with Gasteiger partial charge in [-0.2, -0.15) is 0 Å². The molecule has 0 atom stereocenters. The summed E-state index contributed by atoms with van der Waals surface area (Å²) in [4.78, 5) is 26.6. The normalized spacial score (nSPS) is 9.88. The molecule has 1 heterocycles. The van der Waals surface area contributed by atoms with Crippen LogP contribution in [0.4, 0.5) is 0 Å². The molecule has 0 aliphatic carbocycles. The lowest BCUT2D eigenvalue weighted by Crippen LogP contribution is -2.11. The van der Waals surface area contributed by atoms with Crippen LogP contribution < -0.4 is 10.5 Å². The fourth-order valence-corrected chi connectivity index (χ4v) is 1.66. The van der Waals surface area contributed by atoms with Crippen LogP contribution in [0, 0.1) is 0 Å². The minimum atomic E-state index is -0.523. The Kier molecular flexibility index (Phi) is 3.15. The molecule has 5 nitrogen and oxygen atoms in total. The smallest absolute Gasteiger partial charge is 0.355 e. The summed E-state index contributed by atoms with van der Waals surface area (Å²) in [6.07, 6.45) is 1.44. The number of hydrogen-bond acceptors (Lipinski definition) is 5. The number of ether oxygens (including phenoxy) is 1. The highest BCUT2D eigenvalue weighted by Gasteiger charge is 2.10. The maximum atomic E-state index is 11.6. The number of esters is 1. The first-order valence-electron chi connectivity index (χ1n) is 4.67.